The molecule has 0 bridgehead atoms. The number of alkyl halides is 2. The highest BCUT2D eigenvalue weighted by atomic mass is 19.3. The third-order valence-corrected chi connectivity index (χ3v) is 7.29. The second kappa shape index (κ2) is 11.8. The molecule has 5 rings (SSSR count). The number of halogens is 2. The maximum atomic E-state index is 13.1. The summed E-state index contributed by atoms with van der Waals surface area (Å²) in [4.78, 5) is 32.6. The predicted molar refractivity (Wildman–Crippen MR) is 152 cm³/mol. The van der Waals surface area contributed by atoms with Crippen LogP contribution in [0.3, 0.4) is 0 Å². The van der Waals surface area contributed by atoms with Crippen LogP contribution in [-0.4, -0.2) is 63.7 Å². The fourth-order valence-electron chi connectivity index (χ4n) is 4.98. The summed E-state index contributed by atoms with van der Waals surface area (Å²) in [6, 6.07) is 9.95. The topological polar surface area (TPSA) is 76.9 Å². The predicted octanol–water partition coefficient (Wildman–Crippen LogP) is 6.55. The van der Waals surface area contributed by atoms with Crippen LogP contribution in [0.1, 0.15) is 81.2 Å². The van der Waals surface area contributed by atoms with Gasteiger partial charge >= 0.3 is 12.7 Å². The van der Waals surface area contributed by atoms with Crippen LogP contribution in [-0.2, 0) is 4.74 Å². The molecule has 1 atom stereocenters. The van der Waals surface area contributed by atoms with Gasteiger partial charge in [-0.05, 0) is 76.8 Å². The van der Waals surface area contributed by atoms with E-state index < -0.39 is 6.61 Å². The molecule has 2 amide bonds. The Morgan fingerprint density at radius 1 is 1.24 bits per heavy atom. The Morgan fingerprint density at radius 3 is 2.51 bits per heavy atom. The van der Waals surface area contributed by atoms with E-state index in [2.05, 4.69) is 5.92 Å². The highest BCUT2D eigenvalue weighted by molar-refractivity contribution is 6.00. The number of terminal acetylenes is 1. The Morgan fingerprint density at radius 2 is 1.95 bits per heavy atom. The van der Waals surface area contributed by atoms with E-state index in [-0.39, 0.29) is 40.6 Å². The summed E-state index contributed by atoms with van der Waals surface area (Å²) in [6.07, 6.45) is 9.42. The summed E-state index contributed by atoms with van der Waals surface area (Å²) in [6.45, 7) is 4.58. The van der Waals surface area contributed by atoms with Crippen molar-refractivity contribution in [1.82, 2.24) is 19.4 Å². The van der Waals surface area contributed by atoms with Crippen LogP contribution in [0.15, 0.2) is 36.4 Å². The number of rotatable bonds is 4. The molecule has 1 saturated carbocycles. The molecule has 1 aliphatic carbocycles. The number of carbonyl (C=O) groups excluding carboxylic acids is 2. The van der Waals surface area contributed by atoms with Crippen molar-refractivity contribution in [3.8, 4) is 23.8 Å². The Bertz CT molecular complexity index is 1480. The number of para-hydroxylation sites is 1. The highest BCUT2D eigenvalue weighted by Gasteiger charge is 2.35. The van der Waals surface area contributed by atoms with Gasteiger partial charge in [-0.15, -0.1) is 6.42 Å². The molecule has 218 valence electrons. The second-order valence-corrected chi connectivity index (χ2v) is 11.2. The first-order chi connectivity index (χ1) is 19.4. The van der Waals surface area contributed by atoms with E-state index in [0.717, 1.165) is 12.8 Å². The van der Waals surface area contributed by atoms with Gasteiger partial charge < -0.3 is 19.3 Å². The molecule has 0 saturated heterocycles. The molecule has 3 aromatic rings. The highest BCUT2D eigenvalue weighted by Crippen LogP contribution is 2.40. The minimum Gasteiger partial charge on any atom is -0.444 e. The van der Waals surface area contributed by atoms with Crippen LogP contribution in [0.25, 0.3) is 16.7 Å². The third kappa shape index (κ3) is 6.14. The summed E-state index contributed by atoms with van der Waals surface area (Å²) >= 11 is 0. The van der Waals surface area contributed by atoms with Crippen molar-refractivity contribution in [3.63, 3.8) is 0 Å². The van der Waals surface area contributed by atoms with E-state index in [4.69, 9.17) is 20.9 Å². The molecular formula is C31H36F2N4O4. The maximum absolute atomic E-state index is 13.1. The quantitative estimate of drug-likeness (QED) is 0.335. The van der Waals surface area contributed by atoms with Gasteiger partial charge in [-0.3, -0.25) is 9.36 Å². The zero-order valence-electron chi connectivity index (χ0n) is 24.3. The molecule has 0 radical (unpaired) electrons. The number of hydrogen-bond acceptors (Lipinski definition) is 5. The van der Waals surface area contributed by atoms with Gasteiger partial charge in [0.05, 0.1) is 22.6 Å². The first kappa shape index (κ1) is 29.8. The smallest absolute Gasteiger partial charge is 0.410 e. The average Bonchev–Trinajstić information content (AvgIpc) is 3.20. The second-order valence-electron chi connectivity index (χ2n) is 11.2. The van der Waals surface area contributed by atoms with Crippen molar-refractivity contribution in [2.45, 2.75) is 77.7 Å². The number of imidazole rings is 1. The number of fused-ring (bicyclic) bond motifs is 5. The lowest BCUT2D eigenvalue weighted by atomic mass is 9.92. The Labute approximate surface area is 239 Å². The molecule has 10 heteroatoms. The van der Waals surface area contributed by atoms with Crippen LogP contribution in [0.4, 0.5) is 13.6 Å². The van der Waals surface area contributed by atoms with Crippen molar-refractivity contribution < 1.29 is 27.8 Å². The van der Waals surface area contributed by atoms with Gasteiger partial charge in [0.15, 0.2) is 5.75 Å². The van der Waals surface area contributed by atoms with Crippen molar-refractivity contribution in [3.05, 3.63) is 53.3 Å². The van der Waals surface area contributed by atoms with Crippen LogP contribution in [0.2, 0.25) is 0 Å². The van der Waals surface area contributed by atoms with Crippen LogP contribution in [0, 0.1) is 12.3 Å². The molecule has 2 heterocycles. The standard InChI is InChI=1S/C21H17F2N3O2.C10H19NO2/c1-4-12-9-10-14-16(11-12)26-18-13(7-6-8-17(18)28-21(22)23)20(27)25(3)15(5-2)19(26)24-14;1-10(2,3)13-9(12)11(4)8-6-5-7-8/h1,6-11,15,21H,5H2,2-3H3;8H,5-7H2,1-4H3/t15-;/m1./s1. The van der Waals surface area contributed by atoms with Crippen LogP contribution < -0.4 is 4.74 Å². The van der Waals surface area contributed by atoms with E-state index in [1.165, 1.54) is 18.6 Å². The summed E-state index contributed by atoms with van der Waals surface area (Å²) in [5.74, 6) is 2.78. The molecule has 0 N–H and O–H groups in total. The summed E-state index contributed by atoms with van der Waals surface area (Å²) in [7, 11) is 3.50. The van der Waals surface area contributed by atoms with Crippen molar-refractivity contribution in [2.75, 3.05) is 14.1 Å². The zero-order valence-corrected chi connectivity index (χ0v) is 24.3. The lowest BCUT2D eigenvalue weighted by Crippen LogP contribution is -2.43. The molecule has 8 nitrogen and oxygen atoms in total. The van der Waals surface area contributed by atoms with E-state index in [1.807, 2.05) is 34.7 Å². The normalized spacial score (nSPS) is 16.5. The monoisotopic (exact) mass is 566 g/mol. The number of aromatic nitrogens is 2. The first-order valence-corrected chi connectivity index (χ1v) is 13.7. The molecule has 0 unspecified atom stereocenters. The lowest BCUT2D eigenvalue weighted by molar-refractivity contribution is -0.0498. The Kier molecular flexibility index (Phi) is 8.57. The molecule has 1 fully saturated rings. The summed E-state index contributed by atoms with van der Waals surface area (Å²) in [5, 5.41) is 0. The van der Waals surface area contributed by atoms with Crippen molar-refractivity contribution >= 4 is 23.0 Å². The van der Waals surface area contributed by atoms with Crippen molar-refractivity contribution in [2.24, 2.45) is 0 Å². The SMILES string of the molecule is C#Cc1ccc2nc3n(c2c1)-c1c(OC(F)F)cccc1C(=O)N(C)[C@@H]3CC.CN(C(=O)OC(C)(C)C)C1CCC1. The van der Waals surface area contributed by atoms with Gasteiger partial charge in [0.2, 0.25) is 0 Å². The van der Waals surface area contributed by atoms with Crippen molar-refractivity contribution in [1.29, 1.82) is 0 Å². The number of benzene rings is 2. The van der Waals surface area contributed by atoms with Gasteiger partial charge in [0, 0.05) is 25.7 Å². The minimum atomic E-state index is -3.02. The minimum absolute atomic E-state index is 0.0855. The first-order valence-electron chi connectivity index (χ1n) is 13.7. The van der Waals surface area contributed by atoms with Crippen LogP contribution >= 0.6 is 0 Å². The van der Waals surface area contributed by atoms with Gasteiger partial charge in [0.25, 0.3) is 5.91 Å². The van der Waals surface area contributed by atoms with Gasteiger partial charge in [-0.2, -0.15) is 8.78 Å². The third-order valence-electron chi connectivity index (χ3n) is 7.29. The van der Waals surface area contributed by atoms with E-state index in [0.29, 0.717) is 34.9 Å². The van der Waals surface area contributed by atoms with Crippen LogP contribution in [0.5, 0.6) is 5.75 Å². The van der Waals surface area contributed by atoms with Gasteiger partial charge in [-0.1, -0.05) is 18.9 Å². The van der Waals surface area contributed by atoms with Gasteiger partial charge in [0.1, 0.15) is 17.1 Å². The number of carbonyl (C=O) groups is 2. The largest absolute Gasteiger partial charge is 0.444 e. The number of hydrogen-bond donors (Lipinski definition) is 0. The molecule has 2 aromatic carbocycles. The fourth-order valence-corrected chi connectivity index (χ4v) is 4.98. The molecule has 0 spiro atoms. The zero-order chi connectivity index (χ0) is 30.1. The number of amides is 2. The van der Waals surface area contributed by atoms with E-state index in [1.54, 1.807) is 45.7 Å². The Hall–Kier alpha value is -4.13. The number of nitrogens with zero attached hydrogens (tertiary/aromatic N) is 4. The molecule has 1 aromatic heterocycles. The molecule has 2 aliphatic rings. The lowest BCUT2D eigenvalue weighted by Gasteiger charge is -2.35. The van der Waals surface area contributed by atoms with Gasteiger partial charge in [-0.25, -0.2) is 9.78 Å². The molecular weight excluding hydrogens is 530 g/mol. The fraction of sp³-hybridized carbons (Fsp3) is 0.452. The summed E-state index contributed by atoms with van der Waals surface area (Å²) in [5.41, 5.74) is 2.06. The number of ether oxygens (including phenoxy) is 2. The molecule has 1 aliphatic heterocycles. The average molecular weight is 567 g/mol. The molecule has 41 heavy (non-hydrogen) atoms. The Balaban J connectivity index is 0.000000251. The van der Waals surface area contributed by atoms with E-state index >= 15 is 0 Å². The maximum Gasteiger partial charge on any atom is 0.410 e. The summed E-state index contributed by atoms with van der Waals surface area (Å²) < 4.78 is 37.9. The van der Waals surface area contributed by atoms with E-state index in [9.17, 15) is 18.4 Å².